The number of anilines is 6. The second-order valence-corrected chi connectivity index (χ2v) is 39.8. The summed E-state index contributed by atoms with van der Waals surface area (Å²) in [5, 5.41) is -0.798. The van der Waals surface area contributed by atoms with Crippen LogP contribution in [0.25, 0.3) is 99.5 Å². The number of hydrogen-bond donors (Lipinski definition) is 0. The van der Waals surface area contributed by atoms with Gasteiger partial charge in [0.1, 0.15) is 0 Å². The minimum absolute atomic E-state index is 0.0905. The average Bonchev–Trinajstić information content (AvgIpc) is 1.05. The second-order valence-electron chi connectivity index (χ2n) is 39.8. The van der Waals surface area contributed by atoms with Crippen LogP contribution in [0.5, 0.6) is 0 Å². The van der Waals surface area contributed by atoms with E-state index in [1.165, 1.54) is 9.13 Å². The van der Waals surface area contributed by atoms with Gasteiger partial charge in [-0.2, -0.15) is 0 Å². The standard InChI is InChI=1S/C113H121BN4/c1-107(2,3)66-73-34-30-38-78(54-73)90-64-100(92(60-82(90)71-112(16,17)18)80-40-32-36-75(56-80)68-109(7,8)9)117-102-62-84(115-96-46-26-22-42-86(96)87-43-23-27-47-97(87)115)50-52-94(102)114-95-53-51-85(116-98-48-28-24-44-88(98)89-45-25-29-49-99(89)116)63-103(95)118(105-59-77(70-111(13,14)15)58-104(117)106(105)114)101-65-91(79-39-31-35-74(55-79)67-108(4,5)6)83(72-113(19,20)21)61-93(101)81-41-33-37-76(57-81)69-110(10,11)12/h22-65H,66-72H2,1-21H3/i22D,23D,24D,25D,26D,27D,28D,29D,42D,43D,44D,45D,46D,47D,48D,49D,66D2,67D2,68D2,69D2,70D2. The zero-order chi connectivity index (χ0) is 106. The first-order valence-electron chi connectivity index (χ1n) is 54.2. The fourth-order valence-corrected chi connectivity index (χ4v) is 17.5. The molecular weight excluding hydrogens is 1420 g/mol. The largest absolute Gasteiger partial charge is 0.311 e. The zero-order valence-electron chi connectivity index (χ0n) is 97.9. The summed E-state index contributed by atoms with van der Waals surface area (Å²) in [6.07, 6.45) is -9.54. The van der Waals surface area contributed by atoms with Crippen molar-refractivity contribution in [3.63, 3.8) is 0 Å². The maximum absolute atomic E-state index is 11.2. The van der Waals surface area contributed by atoms with Gasteiger partial charge < -0.3 is 18.9 Å². The fourth-order valence-electron chi connectivity index (χ4n) is 17.5. The molecule has 0 fully saturated rings. The molecule has 15 aromatic rings. The summed E-state index contributed by atoms with van der Waals surface area (Å²) in [5.74, 6) is 0. The predicted octanol–water partition coefficient (Wildman–Crippen LogP) is 29.8. The zero-order valence-corrected chi connectivity index (χ0v) is 71.9. The van der Waals surface area contributed by atoms with Gasteiger partial charge >= 0.3 is 0 Å². The van der Waals surface area contributed by atoms with Gasteiger partial charge in [0.25, 0.3) is 6.71 Å². The summed E-state index contributed by atoms with van der Waals surface area (Å²) in [6.45, 7) is 39.0. The molecule has 2 aliphatic rings. The van der Waals surface area contributed by atoms with Crippen LogP contribution in [-0.4, -0.2) is 15.8 Å². The monoisotopic (exact) mass is 1570 g/mol. The van der Waals surface area contributed by atoms with Crippen molar-refractivity contribution in [2.24, 2.45) is 37.9 Å². The minimum Gasteiger partial charge on any atom is -0.311 e. The first-order valence-corrected chi connectivity index (χ1v) is 41.2. The number of benzene rings is 13. The Morgan fingerprint density at radius 1 is 0.271 bits per heavy atom. The number of rotatable bonds is 15. The van der Waals surface area contributed by atoms with Crippen molar-refractivity contribution < 1.29 is 35.6 Å². The van der Waals surface area contributed by atoms with Gasteiger partial charge in [0.05, 0.1) is 55.4 Å². The lowest BCUT2D eigenvalue weighted by Crippen LogP contribution is -2.61. The van der Waals surface area contributed by atoms with Crippen LogP contribution in [0.2, 0.25) is 0 Å². The van der Waals surface area contributed by atoms with Gasteiger partial charge in [0.2, 0.25) is 0 Å². The fraction of sp³-hybridized carbons (Fsp3) is 0.310. The lowest BCUT2D eigenvalue weighted by molar-refractivity contribution is 0.410. The summed E-state index contributed by atoms with van der Waals surface area (Å²) in [7, 11) is 0. The summed E-state index contributed by atoms with van der Waals surface area (Å²) < 4.78 is 260. The molecule has 4 heterocycles. The highest BCUT2D eigenvalue weighted by Crippen LogP contribution is 2.54. The lowest BCUT2D eigenvalue weighted by atomic mass is 9.33. The molecule has 2 aliphatic heterocycles. The molecule has 2 aromatic heterocycles. The first kappa shape index (κ1) is 54.3. The number of para-hydroxylation sites is 4. The van der Waals surface area contributed by atoms with Gasteiger partial charge in [-0.05, 0) is 256 Å². The van der Waals surface area contributed by atoms with Crippen LogP contribution in [-0.2, 0) is 44.7 Å². The van der Waals surface area contributed by atoms with E-state index >= 15 is 0 Å². The number of hydrogen-bond acceptors (Lipinski definition) is 2. The molecule has 17 rings (SSSR count). The van der Waals surface area contributed by atoms with E-state index in [1.807, 2.05) is 202 Å². The van der Waals surface area contributed by atoms with Crippen molar-refractivity contribution >= 4 is 101 Å². The van der Waals surface area contributed by atoms with Gasteiger partial charge in [-0.25, -0.2) is 0 Å². The van der Waals surface area contributed by atoms with Crippen LogP contribution >= 0.6 is 0 Å². The molecular formula is C113H121BN4. The molecule has 0 radical (unpaired) electrons. The van der Waals surface area contributed by atoms with Crippen LogP contribution in [0.15, 0.2) is 267 Å². The maximum atomic E-state index is 11.2. The van der Waals surface area contributed by atoms with Crippen LogP contribution in [0, 0.1) is 37.9 Å². The average molecular weight is 1570 g/mol. The molecule has 0 saturated heterocycles. The summed E-state index contributed by atoms with van der Waals surface area (Å²) >= 11 is 0. The highest BCUT2D eigenvalue weighted by molar-refractivity contribution is 7.00. The quantitative estimate of drug-likeness (QED) is 0.0951. The van der Waals surface area contributed by atoms with Crippen molar-refractivity contribution in [1.82, 2.24) is 9.13 Å². The highest BCUT2D eigenvalue weighted by Gasteiger charge is 2.46. The third-order valence-electron chi connectivity index (χ3n) is 21.3. The Labute approximate surface area is 741 Å². The number of aromatic nitrogens is 2. The predicted molar refractivity (Wildman–Crippen MR) is 513 cm³/mol. The van der Waals surface area contributed by atoms with Gasteiger partial charge in [0.15, 0.2) is 0 Å². The van der Waals surface area contributed by atoms with Gasteiger partial charge in [-0.1, -0.05) is 327 Å². The molecule has 0 N–H and O–H groups in total. The Kier molecular flexibility index (Phi) is 13.6. The van der Waals surface area contributed by atoms with E-state index in [4.69, 9.17) is 0 Å². The molecule has 13 aromatic carbocycles. The van der Waals surface area contributed by atoms with E-state index in [0.29, 0.717) is 130 Å². The third kappa shape index (κ3) is 16.1. The Balaban J connectivity index is 1.16. The van der Waals surface area contributed by atoms with Gasteiger partial charge in [-0.15, -0.1) is 0 Å². The highest BCUT2D eigenvalue weighted by atomic mass is 15.2. The van der Waals surface area contributed by atoms with Crippen LogP contribution in [0.4, 0.5) is 34.1 Å². The summed E-state index contributed by atoms with van der Waals surface area (Å²) in [5.41, 5.74) is 4.24. The van der Waals surface area contributed by atoms with Crippen molar-refractivity contribution in [3.8, 4) is 55.9 Å². The molecule has 0 atom stereocenters. The molecule has 0 bridgehead atoms. The Hall–Kier alpha value is -10.9. The second kappa shape index (κ2) is 29.6. The van der Waals surface area contributed by atoms with Gasteiger partial charge in [0, 0.05) is 80.5 Å². The molecule has 0 spiro atoms. The molecule has 0 amide bonds. The van der Waals surface area contributed by atoms with Gasteiger partial charge in [-0.3, -0.25) is 0 Å². The van der Waals surface area contributed by atoms with Crippen molar-refractivity contribution in [2.45, 2.75) is 190 Å². The molecule has 596 valence electrons. The van der Waals surface area contributed by atoms with E-state index < -0.39 is 173 Å². The van der Waals surface area contributed by atoms with Crippen molar-refractivity contribution in [2.75, 3.05) is 9.80 Å². The molecule has 0 saturated carbocycles. The van der Waals surface area contributed by atoms with Crippen LogP contribution in [0.3, 0.4) is 0 Å². The van der Waals surface area contributed by atoms with E-state index in [1.54, 1.807) is 69.3 Å². The van der Waals surface area contributed by atoms with E-state index in [0.717, 1.165) is 11.1 Å². The molecule has 118 heavy (non-hydrogen) atoms. The normalized spacial score (nSPS) is 17.2. The maximum Gasteiger partial charge on any atom is 0.252 e. The molecule has 0 unspecified atom stereocenters. The summed E-state index contributed by atoms with van der Waals surface area (Å²) in [4.78, 5) is 4.05. The van der Waals surface area contributed by atoms with E-state index in [-0.39, 0.29) is 60.5 Å². The van der Waals surface area contributed by atoms with E-state index in [9.17, 15) is 35.6 Å². The van der Waals surface area contributed by atoms with Crippen molar-refractivity contribution in [3.05, 3.63) is 305 Å². The van der Waals surface area contributed by atoms with Crippen molar-refractivity contribution in [1.29, 1.82) is 0 Å². The molecule has 4 nitrogen and oxygen atoms in total. The third-order valence-corrected chi connectivity index (χ3v) is 21.3. The first-order chi connectivity index (χ1) is 66.3. The minimum atomic E-state index is -2.41. The Bertz CT molecular complexity index is 7350. The Morgan fingerprint density at radius 3 is 0.856 bits per heavy atom. The number of fused-ring (bicyclic) bond motifs is 10. The van der Waals surface area contributed by atoms with Crippen LogP contribution in [0.1, 0.15) is 220 Å². The molecule has 0 aliphatic carbocycles. The molecule has 5 heteroatoms. The SMILES string of the molecule is [2H]c1c([2H])c([2H])c2c(c1[2H])c1c([2H])c([2H])c([2H])c([2H])c1n2-c1ccc2c(c1)N(c1cc(-c3cccc(C([2H])([2H])C(C)(C)C)c3)c(CC(C)(C)C)cc1-c1cccc(C([2H])([2H])C(C)(C)C)c1)c1cc(C([2H])([2H])C(C)(C)C)cc3c1B2c1ccc(-n2c4c([2H])c([2H])c([2H])c([2H])c4c4c([2H])c([2H])c([2H])c([2H])c42)cc1N3c1cc(-c2cccc(C([2H])([2H])C(C)(C)C)c2)c(CC(C)(C)C)cc1-c1cccc(C([2H])([2H])C(C)(C)C)c1. The summed E-state index contributed by atoms with van der Waals surface area (Å²) in [6, 6.07) is 42.2. The Morgan fingerprint density at radius 2 is 0.559 bits per heavy atom. The van der Waals surface area contributed by atoms with E-state index in [2.05, 4.69) is 53.7 Å². The lowest BCUT2D eigenvalue weighted by Gasteiger charge is -2.46. The topological polar surface area (TPSA) is 16.3 Å². The van der Waals surface area contributed by atoms with Crippen LogP contribution < -0.4 is 26.2 Å². The smallest absolute Gasteiger partial charge is 0.252 e. The number of nitrogens with zero attached hydrogens (tertiary/aromatic N) is 4.